The van der Waals surface area contributed by atoms with Crippen molar-refractivity contribution in [2.75, 3.05) is 18.6 Å². The van der Waals surface area contributed by atoms with Gasteiger partial charge in [-0.1, -0.05) is 18.5 Å². The van der Waals surface area contributed by atoms with Gasteiger partial charge in [-0.2, -0.15) is 0 Å². The second kappa shape index (κ2) is 9.44. The Kier molecular flexibility index (Phi) is 6.71. The highest BCUT2D eigenvalue weighted by Gasteiger charge is 2.37. The number of barbiturate groups is 1. The molecule has 1 saturated heterocycles. The number of amides is 4. The van der Waals surface area contributed by atoms with E-state index < -0.39 is 23.8 Å². The van der Waals surface area contributed by atoms with E-state index in [-0.39, 0.29) is 16.8 Å². The van der Waals surface area contributed by atoms with Crippen LogP contribution in [0.1, 0.15) is 29.3 Å². The second-order valence-corrected chi connectivity index (χ2v) is 6.96. The molecule has 1 heterocycles. The molecule has 2 aromatic rings. The monoisotopic (exact) mass is 442 g/mol. The molecule has 1 aliphatic heterocycles. The van der Waals surface area contributed by atoms with Gasteiger partial charge in [-0.25, -0.2) is 14.5 Å². The number of halogens is 1. The first-order valence-electron chi connectivity index (χ1n) is 9.38. The normalized spacial score (nSPS) is 15.1. The third kappa shape index (κ3) is 4.75. The Bertz CT molecular complexity index is 1080. The first-order chi connectivity index (χ1) is 14.8. The maximum absolute atomic E-state index is 13.0. The number of rotatable bonds is 6. The van der Waals surface area contributed by atoms with Crippen molar-refractivity contribution in [2.45, 2.75) is 13.3 Å². The lowest BCUT2D eigenvalue weighted by Crippen LogP contribution is -2.54. The first kappa shape index (κ1) is 22.0. The molecule has 2 aromatic carbocycles. The molecule has 0 spiro atoms. The number of hydrogen-bond acceptors (Lipinski definition) is 6. The molecule has 3 rings (SSSR count). The second-order valence-electron chi connectivity index (χ2n) is 6.53. The Morgan fingerprint density at radius 2 is 1.84 bits per heavy atom. The molecule has 0 aliphatic carbocycles. The van der Waals surface area contributed by atoms with Crippen LogP contribution in [0.25, 0.3) is 6.08 Å². The molecule has 9 heteroatoms. The standard InChI is InChI=1S/C22H19ClN2O6/c1-3-10-31-18-9-6-15(23)11-14(18)12-17-19(26)24-22(29)25(20(17)27)16-7-4-13(5-8-16)21(28)30-2/h4-9,11-12H,3,10H2,1-2H3,(H,24,26,29)/b17-12+. The molecule has 1 N–H and O–H groups in total. The number of imide groups is 2. The lowest BCUT2D eigenvalue weighted by molar-refractivity contribution is -0.122. The van der Waals surface area contributed by atoms with Crippen LogP contribution < -0.4 is 15.0 Å². The molecule has 1 fully saturated rings. The smallest absolute Gasteiger partial charge is 0.337 e. The van der Waals surface area contributed by atoms with Gasteiger partial charge in [0, 0.05) is 10.6 Å². The Hall–Kier alpha value is -3.65. The van der Waals surface area contributed by atoms with E-state index in [0.29, 0.717) is 22.9 Å². The fraction of sp³-hybridized carbons (Fsp3) is 0.182. The van der Waals surface area contributed by atoms with E-state index in [0.717, 1.165) is 11.3 Å². The lowest BCUT2D eigenvalue weighted by Gasteiger charge is -2.26. The number of nitrogens with zero attached hydrogens (tertiary/aromatic N) is 1. The molecule has 160 valence electrons. The van der Waals surface area contributed by atoms with Crippen LogP contribution in [-0.2, 0) is 14.3 Å². The summed E-state index contributed by atoms with van der Waals surface area (Å²) >= 11 is 6.07. The van der Waals surface area contributed by atoms with Crippen molar-refractivity contribution in [3.05, 3.63) is 64.2 Å². The summed E-state index contributed by atoms with van der Waals surface area (Å²) in [6, 6.07) is 9.58. The number of methoxy groups -OCH3 is 1. The number of carbonyl (C=O) groups excluding carboxylic acids is 4. The summed E-state index contributed by atoms with van der Waals surface area (Å²) in [7, 11) is 1.24. The lowest BCUT2D eigenvalue weighted by atomic mass is 10.1. The number of nitrogens with one attached hydrogen (secondary N) is 1. The van der Waals surface area contributed by atoms with E-state index in [2.05, 4.69) is 10.1 Å². The van der Waals surface area contributed by atoms with Crippen LogP contribution in [0.5, 0.6) is 5.75 Å². The molecular formula is C22H19ClN2O6. The van der Waals surface area contributed by atoms with Crippen molar-refractivity contribution in [3.63, 3.8) is 0 Å². The summed E-state index contributed by atoms with van der Waals surface area (Å²) in [5.41, 5.74) is 0.594. The maximum atomic E-state index is 13.0. The van der Waals surface area contributed by atoms with Crippen molar-refractivity contribution in [3.8, 4) is 5.75 Å². The van der Waals surface area contributed by atoms with Gasteiger partial charge in [0.2, 0.25) is 0 Å². The molecule has 1 aliphatic rings. The molecule has 31 heavy (non-hydrogen) atoms. The van der Waals surface area contributed by atoms with Crippen molar-refractivity contribution in [1.82, 2.24) is 5.32 Å². The van der Waals surface area contributed by atoms with Crippen LogP contribution in [0.4, 0.5) is 10.5 Å². The Morgan fingerprint density at radius 3 is 2.48 bits per heavy atom. The quantitative estimate of drug-likeness (QED) is 0.416. The molecule has 0 saturated carbocycles. The van der Waals surface area contributed by atoms with Gasteiger partial charge in [-0.05, 0) is 55.0 Å². The fourth-order valence-corrected chi connectivity index (χ4v) is 3.07. The summed E-state index contributed by atoms with van der Waals surface area (Å²) in [6.45, 7) is 2.39. The summed E-state index contributed by atoms with van der Waals surface area (Å²) < 4.78 is 10.3. The van der Waals surface area contributed by atoms with Gasteiger partial charge in [-0.15, -0.1) is 0 Å². The molecule has 4 amide bonds. The molecule has 0 unspecified atom stereocenters. The molecule has 8 nitrogen and oxygen atoms in total. The van der Waals surface area contributed by atoms with Gasteiger partial charge < -0.3 is 9.47 Å². The number of esters is 1. The largest absolute Gasteiger partial charge is 0.493 e. The average Bonchev–Trinajstić information content (AvgIpc) is 2.75. The number of urea groups is 1. The van der Waals surface area contributed by atoms with E-state index in [1.54, 1.807) is 18.2 Å². The third-order valence-corrected chi connectivity index (χ3v) is 4.62. The highest BCUT2D eigenvalue weighted by molar-refractivity contribution is 6.39. The van der Waals surface area contributed by atoms with E-state index in [4.69, 9.17) is 16.3 Å². The third-order valence-electron chi connectivity index (χ3n) is 4.38. The zero-order valence-corrected chi connectivity index (χ0v) is 17.6. The van der Waals surface area contributed by atoms with Crippen LogP contribution in [0, 0.1) is 0 Å². The van der Waals surface area contributed by atoms with Gasteiger partial charge in [0.15, 0.2) is 0 Å². The number of carbonyl (C=O) groups is 4. The summed E-state index contributed by atoms with van der Waals surface area (Å²) in [4.78, 5) is 50.2. The maximum Gasteiger partial charge on any atom is 0.337 e. The number of hydrogen-bond donors (Lipinski definition) is 1. The minimum absolute atomic E-state index is 0.183. The highest BCUT2D eigenvalue weighted by atomic mass is 35.5. The Balaban J connectivity index is 1.98. The number of anilines is 1. The van der Waals surface area contributed by atoms with Crippen molar-refractivity contribution in [2.24, 2.45) is 0 Å². The summed E-state index contributed by atoms with van der Waals surface area (Å²) in [5, 5.41) is 2.54. The van der Waals surface area contributed by atoms with Gasteiger partial charge in [-0.3, -0.25) is 14.9 Å². The minimum Gasteiger partial charge on any atom is -0.493 e. The topological polar surface area (TPSA) is 102 Å². The zero-order chi connectivity index (χ0) is 22.5. The van der Waals surface area contributed by atoms with Crippen molar-refractivity contribution in [1.29, 1.82) is 0 Å². The Labute approximate surface area is 183 Å². The van der Waals surface area contributed by atoms with Crippen LogP contribution in [0.15, 0.2) is 48.0 Å². The van der Waals surface area contributed by atoms with Crippen molar-refractivity contribution < 1.29 is 28.7 Å². The predicted molar refractivity (Wildman–Crippen MR) is 114 cm³/mol. The van der Waals surface area contributed by atoms with Gasteiger partial charge in [0.05, 0.1) is 25.0 Å². The average molecular weight is 443 g/mol. The van der Waals surface area contributed by atoms with E-state index >= 15 is 0 Å². The van der Waals surface area contributed by atoms with Crippen LogP contribution in [0.3, 0.4) is 0 Å². The summed E-state index contributed by atoms with van der Waals surface area (Å²) in [5.74, 6) is -1.76. The molecule has 0 atom stereocenters. The van der Waals surface area contributed by atoms with Crippen LogP contribution in [0.2, 0.25) is 5.02 Å². The number of benzene rings is 2. The van der Waals surface area contributed by atoms with Crippen molar-refractivity contribution >= 4 is 47.2 Å². The first-order valence-corrected chi connectivity index (χ1v) is 9.75. The SMILES string of the molecule is CCCOc1ccc(Cl)cc1/C=C1\C(=O)NC(=O)N(c2ccc(C(=O)OC)cc2)C1=O. The minimum atomic E-state index is -0.897. The predicted octanol–water partition coefficient (Wildman–Crippen LogP) is 3.58. The molecule has 0 bridgehead atoms. The zero-order valence-electron chi connectivity index (χ0n) is 16.8. The van der Waals surface area contributed by atoms with Crippen LogP contribution >= 0.6 is 11.6 Å². The molecule has 0 aromatic heterocycles. The van der Waals surface area contributed by atoms with Gasteiger partial charge in [0.1, 0.15) is 11.3 Å². The van der Waals surface area contributed by atoms with E-state index in [9.17, 15) is 19.2 Å². The highest BCUT2D eigenvalue weighted by Crippen LogP contribution is 2.28. The summed E-state index contributed by atoms with van der Waals surface area (Å²) in [6.07, 6.45) is 2.10. The van der Waals surface area contributed by atoms with E-state index in [1.165, 1.54) is 37.5 Å². The Morgan fingerprint density at radius 1 is 1.13 bits per heavy atom. The van der Waals surface area contributed by atoms with E-state index in [1.807, 2.05) is 6.92 Å². The van der Waals surface area contributed by atoms with Crippen LogP contribution in [-0.4, -0.2) is 37.5 Å². The number of ether oxygens (including phenoxy) is 2. The molecule has 0 radical (unpaired) electrons. The van der Waals surface area contributed by atoms with Gasteiger partial charge in [0.25, 0.3) is 11.8 Å². The fourth-order valence-electron chi connectivity index (χ4n) is 2.89. The molecular weight excluding hydrogens is 424 g/mol. The van der Waals surface area contributed by atoms with Gasteiger partial charge >= 0.3 is 12.0 Å².